The van der Waals surface area contributed by atoms with E-state index >= 15 is 0 Å². The highest BCUT2D eigenvalue weighted by Crippen LogP contribution is 2.69. The summed E-state index contributed by atoms with van der Waals surface area (Å²) >= 11 is 0. The van der Waals surface area contributed by atoms with Crippen LogP contribution in [0.4, 0.5) is 0 Å². The molecule has 3 aromatic heterocycles. The molecule has 2 bridgehead atoms. The summed E-state index contributed by atoms with van der Waals surface area (Å²) in [4.78, 5) is 66.3. The molecule has 8 atom stereocenters. The van der Waals surface area contributed by atoms with E-state index in [-0.39, 0.29) is 23.1 Å². The molecule has 0 aromatic carbocycles. The zero-order chi connectivity index (χ0) is 35.4. The van der Waals surface area contributed by atoms with Crippen LogP contribution in [0.5, 0.6) is 0 Å². The molecule has 0 amide bonds. The summed E-state index contributed by atoms with van der Waals surface area (Å²) in [5.41, 5.74) is -7.50. The average Bonchev–Trinajstić information content (AvgIpc) is 3.84. The van der Waals surface area contributed by atoms with Crippen LogP contribution >= 0.6 is 0 Å². The summed E-state index contributed by atoms with van der Waals surface area (Å²) in [5.74, 6) is -4.94. The number of fused-ring (bicyclic) bond motifs is 1. The molecule has 0 radical (unpaired) electrons. The summed E-state index contributed by atoms with van der Waals surface area (Å²) in [6.07, 6.45) is 0.838. The monoisotopic (exact) mass is 684 g/mol. The fourth-order valence-corrected chi connectivity index (χ4v) is 7.95. The second-order valence-electron chi connectivity index (χ2n) is 13.3. The van der Waals surface area contributed by atoms with Gasteiger partial charge in [-0.3, -0.25) is 9.59 Å². The standard InChI is InChI=1S/C34H36O15/c1-18(35)44-17-33-25(47-29(38)21-7-10-42-15-21)12-23-26(45-19(2)36)34(33,49-31(23,3)4)32(5,40)13-24(46-28(37)20-6-9-41-14-20)27(33)48-30(39)22-8-11-43-16-22/h6-11,14-16,23-27,40H,12-13,17H2,1-5H3/t23-,24+,25+,26+,27+,32+,33-,34+/m1/s1. The molecular formula is C34H36O15. The molecule has 2 aliphatic carbocycles. The van der Waals surface area contributed by atoms with Gasteiger partial charge in [-0.1, -0.05) is 0 Å². The Hall–Kier alpha value is -4.89. The quantitative estimate of drug-likeness (QED) is 0.253. The number of rotatable bonds is 9. The fourth-order valence-electron chi connectivity index (χ4n) is 7.95. The Balaban J connectivity index is 1.62. The second-order valence-corrected chi connectivity index (χ2v) is 13.3. The van der Waals surface area contributed by atoms with E-state index in [1.54, 1.807) is 13.8 Å². The Bertz CT molecular complexity index is 1700. The molecule has 15 heteroatoms. The SMILES string of the molecule is CC(=O)OC[C@]12[C@@H](OC(=O)c3ccoc3)C[C@@H]3[C@H](OC(C)=O)[C@]1(OC3(C)C)[C@@](C)(O)C[C@H](OC(=O)c1ccoc1)[C@@H]2OC(=O)c1ccoc1. The third-order valence-corrected chi connectivity index (χ3v) is 9.88. The van der Waals surface area contributed by atoms with Crippen LogP contribution in [-0.4, -0.2) is 82.8 Å². The van der Waals surface area contributed by atoms with Crippen LogP contribution in [0.1, 0.15) is 78.5 Å². The Labute approximate surface area is 279 Å². The van der Waals surface area contributed by atoms with E-state index in [0.717, 1.165) is 19.5 Å². The first kappa shape index (κ1) is 34.0. The van der Waals surface area contributed by atoms with Gasteiger partial charge >= 0.3 is 29.8 Å². The van der Waals surface area contributed by atoms with Gasteiger partial charge in [-0.15, -0.1) is 0 Å². The molecule has 1 aliphatic heterocycles. The molecule has 1 N–H and O–H groups in total. The maximum atomic E-state index is 13.8. The van der Waals surface area contributed by atoms with Gasteiger partial charge in [0.2, 0.25) is 0 Å². The largest absolute Gasteiger partial charge is 0.472 e. The predicted molar refractivity (Wildman–Crippen MR) is 160 cm³/mol. The second kappa shape index (κ2) is 12.2. The van der Waals surface area contributed by atoms with Crippen LogP contribution in [0.25, 0.3) is 0 Å². The van der Waals surface area contributed by atoms with Crippen molar-refractivity contribution in [3.63, 3.8) is 0 Å². The van der Waals surface area contributed by atoms with E-state index in [4.69, 9.17) is 41.7 Å². The van der Waals surface area contributed by atoms with Crippen molar-refractivity contribution in [3.8, 4) is 0 Å². The number of aliphatic hydroxyl groups is 1. The number of carbonyl (C=O) groups excluding carboxylic acids is 5. The van der Waals surface area contributed by atoms with Gasteiger partial charge < -0.3 is 46.8 Å². The van der Waals surface area contributed by atoms with Crippen LogP contribution in [0, 0.1) is 11.3 Å². The number of carbonyl (C=O) groups is 5. The molecule has 4 heterocycles. The number of furan rings is 3. The van der Waals surface area contributed by atoms with Gasteiger partial charge in [0.15, 0.2) is 11.7 Å². The Kier molecular flexibility index (Phi) is 8.47. The summed E-state index contributed by atoms with van der Waals surface area (Å²) in [6.45, 7) is 6.42. The molecule has 2 saturated carbocycles. The first-order chi connectivity index (χ1) is 23.1. The van der Waals surface area contributed by atoms with Gasteiger partial charge in [0.25, 0.3) is 0 Å². The summed E-state index contributed by atoms with van der Waals surface area (Å²) in [7, 11) is 0. The third-order valence-electron chi connectivity index (χ3n) is 9.88. The van der Waals surface area contributed by atoms with Crippen molar-refractivity contribution < 1.29 is 70.8 Å². The lowest BCUT2D eigenvalue weighted by molar-refractivity contribution is -0.353. The molecule has 15 nitrogen and oxygen atoms in total. The highest BCUT2D eigenvalue weighted by Gasteiger charge is 2.86. The Morgan fingerprint density at radius 2 is 1.29 bits per heavy atom. The Morgan fingerprint density at radius 3 is 1.78 bits per heavy atom. The maximum absolute atomic E-state index is 13.8. The summed E-state index contributed by atoms with van der Waals surface area (Å²) < 4.78 is 52.1. The van der Waals surface area contributed by atoms with Crippen molar-refractivity contribution >= 4 is 29.8 Å². The van der Waals surface area contributed by atoms with Crippen LogP contribution < -0.4 is 0 Å². The molecule has 3 aliphatic rings. The highest BCUT2D eigenvalue weighted by atomic mass is 16.6. The zero-order valence-corrected chi connectivity index (χ0v) is 27.4. The number of hydrogen-bond acceptors (Lipinski definition) is 15. The van der Waals surface area contributed by atoms with Crippen molar-refractivity contribution in [1.82, 2.24) is 0 Å². The van der Waals surface area contributed by atoms with E-state index in [1.807, 2.05) is 0 Å². The molecule has 0 unspecified atom stereocenters. The van der Waals surface area contributed by atoms with Gasteiger partial charge in [-0.2, -0.15) is 0 Å². The first-order valence-electron chi connectivity index (χ1n) is 15.6. The van der Waals surface area contributed by atoms with E-state index in [2.05, 4.69) is 0 Å². The maximum Gasteiger partial charge on any atom is 0.341 e. The average molecular weight is 685 g/mol. The molecule has 6 rings (SSSR count). The highest BCUT2D eigenvalue weighted by molar-refractivity contribution is 5.90. The molecule has 1 spiro atoms. The number of esters is 5. The van der Waals surface area contributed by atoms with E-state index in [0.29, 0.717) is 0 Å². The number of hydrogen-bond donors (Lipinski definition) is 1. The molecule has 3 fully saturated rings. The lowest BCUT2D eigenvalue weighted by Gasteiger charge is -2.65. The van der Waals surface area contributed by atoms with E-state index < -0.39 is 95.4 Å². The van der Waals surface area contributed by atoms with Crippen LogP contribution in [0.3, 0.4) is 0 Å². The van der Waals surface area contributed by atoms with Crippen LogP contribution in [0.15, 0.2) is 69.0 Å². The van der Waals surface area contributed by atoms with Crippen LogP contribution in [-0.2, 0) is 38.0 Å². The topological polar surface area (TPSA) is 200 Å². The molecule has 3 aromatic rings. The molecule has 262 valence electrons. The minimum Gasteiger partial charge on any atom is -0.472 e. The lowest BCUT2D eigenvalue weighted by atomic mass is 9.46. The number of ether oxygens (including phenoxy) is 6. The van der Waals surface area contributed by atoms with Gasteiger partial charge in [0, 0.05) is 26.2 Å². The van der Waals surface area contributed by atoms with Gasteiger partial charge in [-0.05, 0) is 45.4 Å². The van der Waals surface area contributed by atoms with E-state index in [1.165, 1.54) is 57.1 Å². The van der Waals surface area contributed by atoms with E-state index in [9.17, 15) is 29.1 Å². The summed E-state index contributed by atoms with van der Waals surface area (Å²) in [6, 6.07) is 4.07. The molecular weight excluding hydrogens is 648 g/mol. The fraction of sp³-hybridized carbons (Fsp3) is 0.500. The summed E-state index contributed by atoms with van der Waals surface area (Å²) in [5, 5.41) is 12.7. The van der Waals surface area contributed by atoms with Crippen molar-refractivity contribution in [2.24, 2.45) is 11.3 Å². The van der Waals surface area contributed by atoms with Gasteiger partial charge in [0.1, 0.15) is 49.1 Å². The smallest absolute Gasteiger partial charge is 0.341 e. The van der Waals surface area contributed by atoms with Gasteiger partial charge in [0.05, 0.1) is 46.7 Å². The minimum atomic E-state index is -2.12. The van der Waals surface area contributed by atoms with Crippen molar-refractivity contribution in [2.45, 2.75) is 88.7 Å². The molecule has 1 saturated heterocycles. The Morgan fingerprint density at radius 1 is 0.755 bits per heavy atom. The minimum absolute atomic E-state index is 0.0107. The lowest BCUT2D eigenvalue weighted by Crippen LogP contribution is -2.83. The third kappa shape index (κ3) is 5.50. The van der Waals surface area contributed by atoms with Gasteiger partial charge in [-0.25, -0.2) is 14.4 Å². The first-order valence-corrected chi connectivity index (χ1v) is 15.6. The normalized spacial score (nSPS) is 32.7. The van der Waals surface area contributed by atoms with Crippen molar-refractivity contribution in [1.29, 1.82) is 0 Å². The predicted octanol–water partition coefficient (Wildman–Crippen LogP) is 3.65. The van der Waals surface area contributed by atoms with Crippen molar-refractivity contribution in [3.05, 3.63) is 72.5 Å². The zero-order valence-electron chi connectivity index (χ0n) is 27.4. The van der Waals surface area contributed by atoms with Crippen LogP contribution in [0.2, 0.25) is 0 Å². The van der Waals surface area contributed by atoms with Crippen molar-refractivity contribution in [2.75, 3.05) is 6.61 Å². The molecule has 49 heavy (non-hydrogen) atoms.